The van der Waals surface area contributed by atoms with Crippen molar-refractivity contribution in [2.24, 2.45) is 0 Å². The van der Waals surface area contributed by atoms with Crippen LogP contribution >= 0.6 is 0 Å². The summed E-state index contributed by atoms with van der Waals surface area (Å²) in [5.41, 5.74) is 1.01. The molecule has 3 rings (SSSR count). The van der Waals surface area contributed by atoms with E-state index in [9.17, 15) is 0 Å². The highest BCUT2D eigenvalue weighted by Crippen LogP contribution is 2.38. The first-order valence-corrected chi connectivity index (χ1v) is 6.32. The summed E-state index contributed by atoms with van der Waals surface area (Å²) < 4.78 is 16.5. The molecule has 0 unspecified atom stereocenters. The van der Waals surface area contributed by atoms with Crippen LogP contribution in [0.5, 0.6) is 17.2 Å². The van der Waals surface area contributed by atoms with Crippen LogP contribution in [-0.2, 0) is 13.2 Å². The van der Waals surface area contributed by atoms with Crippen molar-refractivity contribution in [3.05, 3.63) is 42.0 Å². The molecular formula is C14H15N3O3. The molecule has 1 N–H and O–H groups in total. The Balaban J connectivity index is 1.80. The van der Waals surface area contributed by atoms with Crippen LogP contribution < -0.4 is 19.5 Å². The van der Waals surface area contributed by atoms with E-state index in [1.807, 2.05) is 19.2 Å². The normalized spacial score (nSPS) is 12.4. The molecule has 0 fully saturated rings. The number of nitrogens with one attached hydrogen (secondary N) is 1. The van der Waals surface area contributed by atoms with Gasteiger partial charge in [0.15, 0.2) is 17.3 Å². The van der Waals surface area contributed by atoms with Crippen LogP contribution in [-0.4, -0.2) is 23.8 Å². The van der Waals surface area contributed by atoms with E-state index in [1.165, 1.54) is 0 Å². The van der Waals surface area contributed by atoms with E-state index in [4.69, 9.17) is 14.2 Å². The molecule has 1 aliphatic rings. The molecule has 0 aliphatic carbocycles. The smallest absolute Gasteiger partial charge is 0.231 e. The standard InChI is InChI=1S/C14H15N3O3/c1-15-7-10-5-12-13(20-9-19-12)6-11(10)18-8-14-16-3-2-4-17-14/h2-6,15H,7-9H2,1H3. The topological polar surface area (TPSA) is 65.5 Å². The van der Waals surface area contributed by atoms with Gasteiger partial charge >= 0.3 is 0 Å². The minimum Gasteiger partial charge on any atom is -0.485 e. The van der Waals surface area contributed by atoms with Crippen LogP contribution in [0.3, 0.4) is 0 Å². The van der Waals surface area contributed by atoms with Crippen LogP contribution in [0.4, 0.5) is 0 Å². The molecule has 20 heavy (non-hydrogen) atoms. The maximum Gasteiger partial charge on any atom is 0.231 e. The van der Waals surface area contributed by atoms with Crippen molar-refractivity contribution in [2.45, 2.75) is 13.2 Å². The number of benzene rings is 1. The van der Waals surface area contributed by atoms with E-state index in [0.29, 0.717) is 24.7 Å². The Morgan fingerprint density at radius 2 is 1.95 bits per heavy atom. The molecule has 0 spiro atoms. The second-order valence-corrected chi connectivity index (χ2v) is 4.30. The van der Waals surface area contributed by atoms with E-state index < -0.39 is 0 Å². The molecule has 2 heterocycles. The van der Waals surface area contributed by atoms with Crippen LogP contribution in [0.2, 0.25) is 0 Å². The van der Waals surface area contributed by atoms with Gasteiger partial charge in [-0.05, 0) is 19.2 Å². The quantitative estimate of drug-likeness (QED) is 0.890. The first-order valence-electron chi connectivity index (χ1n) is 6.32. The fourth-order valence-electron chi connectivity index (χ4n) is 1.98. The highest BCUT2D eigenvalue weighted by molar-refractivity contribution is 5.51. The molecule has 0 atom stereocenters. The Morgan fingerprint density at radius 1 is 1.20 bits per heavy atom. The number of aromatic nitrogens is 2. The first-order chi connectivity index (χ1) is 9.86. The Bertz CT molecular complexity index is 590. The second kappa shape index (κ2) is 5.75. The zero-order valence-electron chi connectivity index (χ0n) is 11.1. The molecule has 6 heteroatoms. The maximum absolute atomic E-state index is 5.80. The minimum atomic E-state index is 0.250. The van der Waals surface area contributed by atoms with Crippen LogP contribution in [0.15, 0.2) is 30.6 Å². The van der Waals surface area contributed by atoms with Crippen LogP contribution in [0, 0.1) is 0 Å². The summed E-state index contributed by atoms with van der Waals surface area (Å²) in [5, 5.41) is 3.11. The summed E-state index contributed by atoms with van der Waals surface area (Å²) in [6, 6.07) is 5.55. The SMILES string of the molecule is CNCc1cc2c(cc1OCc1ncccn1)OCO2. The fraction of sp³-hybridized carbons (Fsp3) is 0.286. The van der Waals surface area contributed by atoms with Crippen molar-refractivity contribution in [2.75, 3.05) is 13.8 Å². The Labute approximate surface area is 116 Å². The third-order valence-electron chi connectivity index (χ3n) is 2.90. The first kappa shape index (κ1) is 12.7. The lowest BCUT2D eigenvalue weighted by molar-refractivity contribution is 0.173. The molecule has 1 aromatic carbocycles. The molecule has 1 aromatic heterocycles. The molecule has 0 amide bonds. The summed E-state index contributed by atoms with van der Waals surface area (Å²) in [7, 11) is 1.88. The molecular weight excluding hydrogens is 258 g/mol. The predicted octanol–water partition coefficient (Wildman–Crippen LogP) is 1.50. The number of hydrogen-bond donors (Lipinski definition) is 1. The molecule has 1 aliphatic heterocycles. The van der Waals surface area contributed by atoms with Crippen molar-refractivity contribution in [1.82, 2.24) is 15.3 Å². The van der Waals surface area contributed by atoms with E-state index in [2.05, 4.69) is 15.3 Å². The number of rotatable bonds is 5. The van der Waals surface area contributed by atoms with Gasteiger partial charge < -0.3 is 19.5 Å². The zero-order chi connectivity index (χ0) is 13.8. The third kappa shape index (κ3) is 2.65. The van der Waals surface area contributed by atoms with Gasteiger partial charge in [-0.2, -0.15) is 0 Å². The largest absolute Gasteiger partial charge is 0.485 e. The summed E-state index contributed by atoms with van der Waals surface area (Å²) in [5.74, 6) is 2.84. The molecule has 0 saturated carbocycles. The highest BCUT2D eigenvalue weighted by atomic mass is 16.7. The van der Waals surface area contributed by atoms with E-state index in [-0.39, 0.29) is 6.79 Å². The lowest BCUT2D eigenvalue weighted by Crippen LogP contribution is -2.08. The van der Waals surface area contributed by atoms with Crippen molar-refractivity contribution >= 4 is 0 Å². The van der Waals surface area contributed by atoms with Gasteiger partial charge in [-0.25, -0.2) is 9.97 Å². The van der Waals surface area contributed by atoms with E-state index >= 15 is 0 Å². The monoisotopic (exact) mass is 273 g/mol. The molecule has 0 bridgehead atoms. The van der Waals surface area contributed by atoms with E-state index in [0.717, 1.165) is 17.1 Å². The molecule has 0 saturated heterocycles. The number of hydrogen-bond acceptors (Lipinski definition) is 6. The van der Waals surface area contributed by atoms with Gasteiger partial charge in [0.25, 0.3) is 0 Å². The average Bonchev–Trinajstić information content (AvgIpc) is 2.93. The summed E-state index contributed by atoms with van der Waals surface area (Å²) in [6.07, 6.45) is 3.39. The summed E-state index contributed by atoms with van der Waals surface area (Å²) in [4.78, 5) is 8.27. The minimum absolute atomic E-state index is 0.250. The molecule has 0 radical (unpaired) electrons. The number of nitrogens with zero attached hydrogens (tertiary/aromatic N) is 2. The van der Waals surface area contributed by atoms with Crippen molar-refractivity contribution in [3.63, 3.8) is 0 Å². The number of fused-ring (bicyclic) bond motifs is 1. The van der Waals surface area contributed by atoms with Gasteiger partial charge in [0, 0.05) is 30.6 Å². The van der Waals surface area contributed by atoms with Gasteiger partial charge in [0.05, 0.1) is 0 Å². The van der Waals surface area contributed by atoms with Gasteiger partial charge in [0.2, 0.25) is 6.79 Å². The van der Waals surface area contributed by atoms with E-state index in [1.54, 1.807) is 18.5 Å². The number of ether oxygens (including phenoxy) is 3. The molecule has 6 nitrogen and oxygen atoms in total. The summed E-state index contributed by atoms with van der Waals surface area (Å²) >= 11 is 0. The van der Waals surface area contributed by atoms with Gasteiger partial charge in [-0.3, -0.25) is 0 Å². The van der Waals surface area contributed by atoms with Gasteiger partial charge in [-0.1, -0.05) is 0 Å². The highest BCUT2D eigenvalue weighted by Gasteiger charge is 2.18. The Hall–Kier alpha value is -2.34. The summed E-state index contributed by atoms with van der Waals surface area (Å²) in [6.45, 7) is 1.25. The van der Waals surface area contributed by atoms with Gasteiger partial charge in [-0.15, -0.1) is 0 Å². The lowest BCUT2D eigenvalue weighted by atomic mass is 10.1. The third-order valence-corrected chi connectivity index (χ3v) is 2.90. The zero-order valence-corrected chi connectivity index (χ0v) is 11.1. The predicted molar refractivity (Wildman–Crippen MR) is 71.7 cm³/mol. The molecule has 2 aromatic rings. The average molecular weight is 273 g/mol. The van der Waals surface area contributed by atoms with Crippen molar-refractivity contribution < 1.29 is 14.2 Å². The van der Waals surface area contributed by atoms with Gasteiger partial charge in [0.1, 0.15) is 12.4 Å². The van der Waals surface area contributed by atoms with Crippen molar-refractivity contribution in [3.8, 4) is 17.2 Å². The fourth-order valence-corrected chi connectivity index (χ4v) is 1.98. The Morgan fingerprint density at radius 3 is 2.70 bits per heavy atom. The lowest BCUT2D eigenvalue weighted by Gasteiger charge is -2.12. The molecule has 104 valence electrons. The maximum atomic E-state index is 5.80. The Kier molecular flexibility index (Phi) is 3.64. The van der Waals surface area contributed by atoms with Crippen molar-refractivity contribution in [1.29, 1.82) is 0 Å². The van der Waals surface area contributed by atoms with Crippen LogP contribution in [0.1, 0.15) is 11.4 Å². The van der Waals surface area contributed by atoms with Crippen LogP contribution in [0.25, 0.3) is 0 Å². The second-order valence-electron chi connectivity index (χ2n) is 4.30.